The average Bonchev–Trinajstić information content (AvgIpc) is 2.29. The molecule has 1 aromatic rings. The van der Waals surface area contributed by atoms with Gasteiger partial charge in [0.2, 0.25) is 5.91 Å². The first-order chi connectivity index (χ1) is 8.50. The minimum Gasteiger partial charge on any atom is -0.389 e. The molecule has 0 fully saturated rings. The Hall–Kier alpha value is -1.14. The van der Waals surface area contributed by atoms with Crippen LogP contribution < -0.4 is 16.8 Å². The molecule has 0 aromatic heterocycles. The first kappa shape index (κ1) is 14.9. The van der Waals surface area contributed by atoms with Crippen LogP contribution >= 0.6 is 28.1 Å². The Balaban J connectivity index is 2.51. The third-order valence-corrected chi connectivity index (χ3v) is 3.13. The molecule has 1 rings (SSSR count). The van der Waals surface area contributed by atoms with E-state index in [9.17, 15) is 4.79 Å². The Kier molecular flexibility index (Phi) is 6.07. The van der Waals surface area contributed by atoms with Gasteiger partial charge in [-0.1, -0.05) is 28.1 Å². The number of nitrogens with two attached hydrogens (primary N) is 2. The summed E-state index contributed by atoms with van der Waals surface area (Å²) in [6, 6.07) is 5.73. The summed E-state index contributed by atoms with van der Waals surface area (Å²) < 4.78 is 0.935. The SMILES string of the molecule is NC(=O)CCCCNc1ccc(Br)cc1C(N)=S. The van der Waals surface area contributed by atoms with Crippen molar-refractivity contribution in [1.29, 1.82) is 0 Å². The van der Waals surface area contributed by atoms with Gasteiger partial charge in [-0.15, -0.1) is 0 Å². The standard InChI is InChI=1S/C12H16BrN3OS/c13-8-4-5-10(9(7-8)12(15)18)16-6-2-1-3-11(14)17/h4-5,7,16H,1-3,6H2,(H2,14,17)(H2,15,18). The number of benzene rings is 1. The van der Waals surface area contributed by atoms with Crippen molar-refractivity contribution in [3.05, 3.63) is 28.2 Å². The highest BCUT2D eigenvalue weighted by molar-refractivity contribution is 9.10. The van der Waals surface area contributed by atoms with Crippen molar-refractivity contribution >= 4 is 44.7 Å². The number of carbonyl (C=O) groups is 1. The van der Waals surface area contributed by atoms with Crippen LogP contribution in [-0.2, 0) is 4.79 Å². The summed E-state index contributed by atoms with van der Waals surface area (Å²) in [5, 5.41) is 3.26. The first-order valence-corrected chi connectivity index (χ1v) is 6.82. The van der Waals surface area contributed by atoms with Gasteiger partial charge in [0.05, 0.1) is 0 Å². The molecule has 1 aromatic carbocycles. The van der Waals surface area contributed by atoms with Crippen LogP contribution in [0.2, 0.25) is 0 Å². The summed E-state index contributed by atoms with van der Waals surface area (Å²) in [6.45, 7) is 0.754. The van der Waals surface area contributed by atoms with Crippen LogP contribution in [0, 0.1) is 0 Å². The zero-order valence-corrected chi connectivity index (χ0v) is 12.3. The van der Waals surface area contributed by atoms with Gasteiger partial charge in [0.15, 0.2) is 0 Å². The van der Waals surface area contributed by atoms with Crippen LogP contribution in [0.5, 0.6) is 0 Å². The molecule has 5 N–H and O–H groups in total. The molecule has 0 unspecified atom stereocenters. The summed E-state index contributed by atoms with van der Waals surface area (Å²) >= 11 is 8.38. The Morgan fingerprint density at radius 1 is 1.33 bits per heavy atom. The highest BCUT2D eigenvalue weighted by atomic mass is 79.9. The average molecular weight is 330 g/mol. The summed E-state index contributed by atoms with van der Waals surface area (Å²) in [5.74, 6) is -0.262. The molecular formula is C12H16BrN3OS. The van der Waals surface area contributed by atoms with Crippen molar-refractivity contribution in [2.45, 2.75) is 19.3 Å². The van der Waals surface area contributed by atoms with Gasteiger partial charge >= 0.3 is 0 Å². The topological polar surface area (TPSA) is 81.1 Å². The highest BCUT2D eigenvalue weighted by Gasteiger charge is 2.05. The Labute approximate surface area is 120 Å². The van der Waals surface area contributed by atoms with Gasteiger partial charge in [-0.05, 0) is 31.0 Å². The number of hydrogen-bond acceptors (Lipinski definition) is 3. The molecule has 18 heavy (non-hydrogen) atoms. The summed E-state index contributed by atoms with van der Waals surface area (Å²) in [6.07, 6.45) is 2.07. The molecule has 0 atom stereocenters. The normalized spacial score (nSPS) is 10.1. The van der Waals surface area contributed by atoms with Crippen LogP contribution in [-0.4, -0.2) is 17.4 Å². The molecular weight excluding hydrogens is 314 g/mol. The maximum Gasteiger partial charge on any atom is 0.217 e. The molecule has 0 radical (unpaired) electrons. The van der Waals surface area contributed by atoms with E-state index in [1.807, 2.05) is 18.2 Å². The molecule has 6 heteroatoms. The molecule has 0 aliphatic heterocycles. The van der Waals surface area contributed by atoms with Crippen molar-refractivity contribution < 1.29 is 4.79 Å². The Morgan fingerprint density at radius 2 is 2.06 bits per heavy atom. The predicted molar refractivity (Wildman–Crippen MR) is 81.6 cm³/mol. The number of rotatable bonds is 7. The van der Waals surface area contributed by atoms with Gasteiger partial charge in [-0.2, -0.15) is 0 Å². The number of thiocarbonyl (C=S) groups is 1. The largest absolute Gasteiger partial charge is 0.389 e. The second-order valence-electron chi connectivity index (χ2n) is 3.90. The number of halogens is 1. The second kappa shape index (κ2) is 7.33. The summed E-state index contributed by atoms with van der Waals surface area (Å²) in [5.41, 5.74) is 12.5. The molecule has 1 amide bonds. The number of amides is 1. The number of carbonyl (C=O) groups excluding carboxylic acids is 1. The zero-order chi connectivity index (χ0) is 13.5. The highest BCUT2D eigenvalue weighted by Crippen LogP contribution is 2.21. The van der Waals surface area contributed by atoms with Gasteiger partial charge in [0, 0.05) is 28.7 Å². The molecule has 0 spiro atoms. The van der Waals surface area contributed by atoms with Gasteiger partial charge in [-0.25, -0.2) is 0 Å². The van der Waals surface area contributed by atoms with Gasteiger partial charge in [0.25, 0.3) is 0 Å². The van der Waals surface area contributed by atoms with E-state index < -0.39 is 0 Å². The lowest BCUT2D eigenvalue weighted by atomic mass is 10.1. The maximum atomic E-state index is 10.6. The van der Waals surface area contributed by atoms with Crippen molar-refractivity contribution in [3.8, 4) is 0 Å². The quantitative estimate of drug-likeness (QED) is 0.529. The Bertz CT molecular complexity index is 451. The molecule has 0 saturated heterocycles. The lowest BCUT2D eigenvalue weighted by Crippen LogP contribution is -2.14. The number of anilines is 1. The van der Waals surface area contributed by atoms with E-state index in [0.717, 1.165) is 35.1 Å². The third kappa shape index (κ3) is 5.01. The molecule has 0 aliphatic carbocycles. The smallest absolute Gasteiger partial charge is 0.217 e. The van der Waals surface area contributed by atoms with Crippen LogP contribution in [0.25, 0.3) is 0 Å². The maximum absolute atomic E-state index is 10.6. The predicted octanol–water partition coefficient (Wildman–Crippen LogP) is 2.15. The van der Waals surface area contributed by atoms with E-state index in [-0.39, 0.29) is 5.91 Å². The van der Waals surface area contributed by atoms with Gasteiger partial charge in [0.1, 0.15) is 4.99 Å². The number of nitrogens with one attached hydrogen (secondary N) is 1. The van der Waals surface area contributed by atoms with Crippen LogP contribution in [0.4, 0.5) is 5.69 Å². The molecule has 0 aliphatic rings. The number of unbranched alkanes of at least 4 members (excludes halogenated alkanes) is 1. The first-order valence-electron chi connectivity index (χ1n) is 5.62. The van der Waals surface area contributed by atoms with Gasteiger partial charge in [-0.3, -0.25) is 4.79 Å². The van der Waals surface area contributed by atoms with Crippen molar-refractivity contribution in [2.75, 3.05) is 11.9 Å². The van der Waals surface area contributed by atoms with Crippen molar-refractivity contribution in [2.24, 2.45) is 11.5 Å². The summed E-state index contributed by atoms with van der Waals surface area (Å²) in [4.78, 5) is 10.9. The molecule has 0 saturated carbocycles. The molecule has 4 nitrogen and oxygen atoms in total. The lowest BCUT2D eigenvalue weighted by Gasteiger charge is -2.11. The van der Waals surface area contributed by atoms with Crippen LogP contribution in [0.3, 0.4) is 0 Å². The van der Waals surface area contributed by atoms with E-state index in [0.29, 0.717) is 11.4 Å². The zero-order valence-electron chi connectivity index (χ0n) is 9.91. The minimum atomic E-state index is -0.262. The fraction of sp³-hybridized carbons (Fsp3) is 0.333. The van der Waals surface area contributed by atoms with Gasteiger partial charge < -0.3 is 16.8 Å². The van der Waals surface area contributed by atoms with E-state index in [4.69, 9.17) is 23.7 Å². The van der Waals surface area contributed by atoms with Crippen LogP contribution in [0.1, 0.15) is 24.8 Å². The Morgan fingerprint density at radius 3 is 2.67 bits per heavy atom. The minimum absolute atomic E-state index is 0.262. The van der Waals surface area contributed by atoms with Crippen molar-refractivity contribution in [1.82, 2.24) is 0 Å². The van der Waals surface area contributed by atoms with E-state index in [1.54, 1.807) is 0 Å². The fourth-order valence-electron chi connectivity index (χ4n) is 1.52. The monoisotopic (exact) mass is 329 g/mol. The molecule has 0 bridgehead atoms. The second-order valence-corrected chi connectivity index (χ2v) is 5.26. The van der Waals surface area contributed by atoms with E-state index in [2.05, 4.69) is 21.2 Å². The van der Waals surface area contributed by atoms with E-state index in [1.165, 1.54) is 0 Å². The summed E-state index contributed by atoms with van der Waals surface area (Å²) in [7, 11) is 0. The third-order valence-electron chi connectivity index (χ3n) is 2.41. The van der Waals surface area contributed by atoms with E-state index >= 15 is 0 Å². The number of hydrogen-bond donors (Lipinski definition) is 3. The molecule has 0 heterocycles. The number of primary amides is 1. The molecule has 98 valence electrons. The fourth-order valence-corrected chi connectivity index (χ4v) is 2.05. The van der Waals surface area contributed by atoms with Crippen LogP contribution in [0.15, 0.2) is 22.7 Å². The van der Waals surface area contributed by atoms with Crippen molar-refractivity contribution in [3.63, 3.8) is 0 Å². The lowest BCUT2D eigenvalue weighted by molar-refractivity contribution is -0.118.